The van der Waals surface area contributed by atoms with Gasteiger partial charge in [0.25, 0.3) is 5.91 Å². The maximum Gasteiger partial charge on any atom is 0.253 e. The number of rotatable bonds is 4. The van der Waals surface area contributed by atoms with Crippen LogP contribution in [0.25, 0.3) is 0 Å². The van der Waals surface area contributed by atoms with E-state index < -0.39 is 0 Å². The molecule has 4 nitrogen and oxygen atoms in total. The first-order valence-corrected chi connectivity index (χ1v) is 6.90. The van der Waals surface area contributed by atoms with Gasteiger partial charge in [0.2, 0.25) is 0 Å². The van der Waals surface area contributed by atoms with Gasteiger partial charge in [-0.2, -0.15) is 0 Å². The van der Waals surface area contributed by atoms with Gasteiger partial charge in [-0.1, -0.05) is 6.92 Å². The molecule has 0 radical (unpaired) electrons. The summed E-state index contributed by atoms with van der Waals surface area (Å²) in [5.74, 6) is 0.198. The van der Waals surface area contributed by atoms with E-state index in [9.17, 15) is 9.90 Å². The lowest BCUT2D eigenvalue weighted by molar-refractivity contribution is 0.00211. The molecule has 1 amide bonds. The number of benzene rings is 1. The summed E-state index contributed by atoms with van der Waals surface area (Å²) in [7, 11) is 0. The Hall–Kier alpha value is -1.55. The van der Waals surface area contributed by atoms with Crippen molar-refractivity contribution in [3.63, 3.8) is 0 Å². The van der Waals surface area contributed by atoms with Crippen molar-refractivity contribution in [2.45, 2.75) is 32.3 Å². The molecule has 0 aliphatic carbocycles. The third-order valence-corrected chi connectivity index (χ3v) is 3.34. The molecule has 1 aliphatic rings. The minimum atomic E-state index is 0.0183. The molecule has 4 heteroatoms. The molecule has 104 valence electrons. The van der Waals surface area contributed by atoms with Crippen molar-refractivity contribution in [2.75, 3.05) is 19.7 Å². The first-order valence-electron chi connectivity index (χ1n) is 6.90. The number of amides is 1. The van der Waals surface area contributed by atoms with Crippen molar-refractivity contribution in [3.8, 4) is 5.75 Å². The third kappa shape index (κ3) is 3.70. The van der Waals surface area contributed by atoms with Crippen LogP contribution in [0.5, 0.6) is 5.75 Å². The van der Waals surface area contributed by atoms with Crippen LogP contribution >= 0.6 is 0 Å². The average molecular weight is 263 g/mol. The monoisotopic (exact) mass is 263 g/mol. The minimum Gasteiger partial charge on any atom is -0.508 e. The van der Waals surface area contributed by atoms with Gasteiger partial charge in [0.05, 0.1) is 6.10 Å². The molecule has 1 aromatic rings. The maximum absolute atomic E-state index is 12.3. The van der Waals surface area contributed by atoms with E-state index >= 15 is 0 Å². The van der Waals surface area contributed by atoms with Gasteiger partial charge in [-0.3, -0.25) is 4.79 Å². The molecular weight excluding hydrogens is 242 g/mol. The number of carbonyl (C=O) groups is 1. The van der Waals surface area contributed by atoms with Crippen molar-refractivity contribution < 1.29 is 14.6 Å². The molecule has 1 aromatic carbocycles. The summed E-state index contributed by atoms with van der Waals surface area (Å²) in [6, 6.07) is 6.41. The topological polar surface area (TPSA) is 49.8 Å². The van der Waals surface area contributed by atoms with Gasteiger partial charge in [-0.15, -0.1) is 0 Å². The Balaban J connectivity index is 1.96. The molecule has 2 rings (SSSR count). The number of carbonyl (C=O) groups excluding carboxylic acids is 1. The van der Waals surface area contributed by atoms with Crippen LogP contribution in [0, 0.1) is 0 Å². The number of phenolic OH excluding ortho intramolecular Hbond substituents is 1. The van der Waals surface area contributed by atoms with E-state index in [2.05, 4.69) is 6.92 Å². The Bertz CT molecular complexity index is 416. The lowest BCUT2D eigenvalue weighted by Gasteiger charge is -2.32. The zero-order valence-electron chi connectivity index (χ0n) is 11.3. The molecule has 1 atom stereocenters. The van der Waals surface area contributed by atoms with Crippen molar-refractivity contribution in [1.29, 1.82) is 0 Å². The van der Waals surface area contributed by atoms with E-state index in [1.807, 2.05) is 4.90 Å². The van der Waals surface area contributed by atoms with Crippen molar-refractivity contribution in [3.05, 3.63) is 29.8 Å². The molecule has 1 fully saturated rings. The summed E-state index contributed by atoms with van der Waals surface area (Å²) in [6.45, 7) is 4.29. The number of likely N-dealkylation sites (tertiary alicyclic amines) is 1. The molecular formula is C15H21NO3. The van der Waals surface area contributed by atoms with Gasteiger partial charge in [0.15, 0.2) is 0 Å². The highest BCUT2D eigenvalue weighted by molar-refractivity contribution is 5.94. The molecule has 1 unspecified atom stereocenters. The van der Waals surface area contributed by atoms with Gasteiger partial charge in [0, 0.05) is 25.3 Å². The zero-order chi connectivity index (χ0) is 13.7. The van der Waals surface area contributed by atoms with Gasteiger partial charge in [-0.25, -0.2) is 0 Å². The van der Waals surface area contributed by atoms with Crippen LogP contribution in [0.15, 0.2) is 24.3 Å². The van der Waals surface area contributed by atoms with Gasteiger partial charge in [-0.05, 0) is 43.5 Å². The third-order valence-electron chi connectivity index (χ3n) is 3.34. The highest BCUT2D eigenvalue weighted by atomic mass is 16.5. The Labute approximate surface area is 114 Å². The Kier molecular flexibility index (Phi) is 4.80. The second-order valence-electron chi connectivity index (χ2n) is 4.93. The van der Waals surface area contributed by atoms with Gasteiger partial charge < -0.3 is 14.7 Å². The summed E-state index contributed by atoms with van der Waals surface area (Å²) in [5.41, 5.74) is 0.619. The number of nitrogens with zero attached hydrogens (tertiary/aromatic N) is 1. The van der Waals surface area contributed by atoms with Crippen molar-refractivity contribution in [2.24, 2.45) is 0 Å². The van der Waals surface area contributed by atoms with Crippen LogP contribution in [0.1, 0.15) is 36.5 Å². The van der Waals surface area contributed by atoms with E-state index in [0.717, 1.165) is 32.4 Å². The summed E-state index contributed by atoms with van der Waals surface area (Å²) in [5, 5.41) is 9.24. The summed E-state index contributed by atoms with van der Waals surface area (Å²) < 4.78 is 5.73. The normalized spacial score (nSPS) is 19.4. The molecule has 1 aliphatic heterocycles. The Morgan fingerprint density at radius 1 is 1.42 bits per heavy atom. The van der Waals surface area contributed by atoms with Gasteiger partial charge in [0.1, 0.15) is 5.75 Å². The predicted octanol–water partition coefficient (Wildman–Crippen LogP) is 2.42. The molecule has 1 saturated heterocycles. The zero-order valence-corrected chi connectivity index (χ0v) is 11.3. The molecule has 0 bridgehead atoms. The molecule has 0 spiro atoms. The van der Waals surface area contributed by atoms with Crippen molar-refractivity contribution in [1.82, 2.24) is 4.90 Å². The van der Waals surface area contributed by atoms with Crippen LogP contribution in [-0.4, -0.2) is 41.7 Å². The van der Waals surface area contributed by atoms with Crippen LogP contribution < -0.4 is 0 Å². The van der Waals surface area contributed by atoms with E-state index in [1.54, 1.807) is 24.3 Å². The van der Waals surface area contributed by atoms with E-state index in [1.165, 1.54) is 0 Å². The fourth-order valence-electron chi connectivity index (χ4n) is 2.33. The second kappa shape index (κ2) is 6.57. The first-order chi connectivity index (χ1) is 9.20. The number of hydrogen-bond acceptors (Lipinski definition) is 3. The highest BCUT2D eigenvalue weighted by Crippen LogP contribution is 2.17. The minimum absolute atomic E-state index is 0.0183. The smallest absolute Gasteiger partial charge is 0.253 e. The van der Waals surface area contributed by atoms with E-state index in [4.69, 9.17) is 4.74 Å². The van der Waals surface area contributed by atoms with E-state index in [0.29, 0.717) is 12.1 Å². The van der Waals surface area contributed by atoms with Crippen molar-refractivity contribution >= 4 is 5.91 Å². The summed E-state index contributed by atoms with van der Waals surface area (Å²) in [6.07, 6.45) is 3.18. The van der Waals surface area contributed by atoms with Crippen LogP contribution in [0.3, 0.4) is 0 Å². The lowest BCUT2D eigenvalue weighted by Crippen LogP contribution is -2.43. The summed E-state index contributed by atoms with van der Waals surface area (Å²) in [4.78, 5) is 14.2. The number of ether oxygens (including phenoxy) is 1. The Morgan fingerprint density at radius 3 is 2.84 bits per heavy atom. The Morgan fingerprint density at radius 2 is 2.16 bits per heavy atom. The summed E-state index contributed by atoms with van der Waals surface area (Å²) >= 11 is 0. The molecule has 0 aromatic heterocycles. The maximum atomic E-state index is 12.3. The SMILES string of the molecule is CCCOC1CCCN(C(=O)c2ccc(O)cc2)C1. The molecule has 19 heavy (non-hydrogen) atoms. The molecule has 1 N–H and O–H groups in total. The largest absolute Gasteiger partial charge is 0.508 e. The van der Waals surface area contributed by atoms with Gasteiger partial charge >= 0.3 is 0 Å². The number of piperidine rings is 1. The number of aromatic hydroxyl groups is 1. The predicted molar refractivity (Wildman–Crippen MR) is 73.3 cm³/mol. The average Bonchev–Trinajstić information content (AvgIpc) is 2.45. The van der Waals surface area contributed by atoms with Crippen LogP contribution in [0.4, 0.5) is 0 Å². The quantitative estimate of drug-likeness (QED) is 0.907. The first kappa shape index (κ1) is 13.9. The molecule has 0 saturated carbocycles. The van der Waals surface area contributed by atoms with Crippen LogP contribution in [-0.2, 0) is 4.74 Å². The fourth-order valence-corrected chi connectivity index (χ4v) is 2.33. The number of hydrogen-bond donors (Lipinski definition) is 1. The van der Waals surface area contributed by atoms with Crippen LogP contribution in [0.2, 0.25) is 0 Å². The number of phenols is 1. The lowest BCUT2D eigenvalue weighted by atomic mass is 10.1. The standard InChI is InChI=1S/C15H21NO3/c1-2-10-19-14-4-3-9-16(11-14)15(18)12-5-7-13(17)8-6-12/h5-8,14,17H,2-4,9-11H2,1H3. The fraction of sp³-hybridized carbons (Fsp3) is 0.533. The highest BCUT2D eigenvalue weighted by Gasteiger charge is 2.24. The molecule has 1 heterocycles. The second-order valence-corrected chi connectivity index (χ2v) is 4.93. The van der Waals surface area contributed by atoms with E-state index in [-0.39, 0.29) is 17.8 Å².